The molecule has 1 rings (SSSR count). The number of amides is 1. The highest BCUT2D eigenvalue weighted by atomic mass is 32.2. The van der Waals surface area contributed by atoms with E-state index in [1.165, 1.54) is 0 Å². The van der Waals surface area contributed by atoms with E-state index >= 15 is 0 Å². The van der Waals surface area contributed by atoms with E-state index in [0.717, 1.165) is 6.42 Å². The second-order valence-corrected chi connectivity index (χ2v) is 8.60. The Morgan fingerprint density at radius 1 is 1.33 bits per heavy atom. The Morgan fingerprint density at radius 2 is 2.00 bits per heavy atom. The highest BCUT2D eigenvalue weighted by molar-refractivity contribution is 7.91. The van der Waals surface area contributed by atoms with Gasteiger partial charge in [0.15, 0.2) is 9.84 Å². The van der Waals surface area contributed by atoms with Crippen LogP contribution in [0.4, 0.5) is 0 Å². The molecule has 0 bridgehead atoms. The van der Waals surface area contributed by atoms with E-state index in [-0.39, 0.29) is 42.1 Å². The zero-order valence-corrected chi connectivity index (χ0v) is 13.5. The van der Waals surface area contributed by atoms with Crippen LogP contribution in [0.3, 0.4) is 0 Å². The van der Waals surface area contributed by atoms with Gasteiger partial charge in [-0.15, -0.1) is 0 Å². The number of carboxylic acids is 1. The fraction of sp³-hybridized carbons (Fsp3) is 0.857. The molecule has 0 aromatic carbocycles. The SMILES string of the molecule is CC(C)CC(CNC(=O)CC1CCS(=O)(=O)C1)CC(=O)O. The largest absolute Gasteiger partial charge is 0.481 e. The lowest BCUT2D eigenvalue weighted by Gasteiger charge is -2.18. The van der Waals surface area contributed by atoms with E-state index in [2.05, 4.69) is 5.32 Å². The monoisotopic (exact) mass is 319 g/mol. The van der Waals surface area contributed by atoms with E-state index in [1.54, 1.807) is 0 Å². The van der Waals surface area contributed by atoms with Crippen LogP contribution in [0.1, 0.15) is 39.5 Å². The van der Waals surface area contributed by atoms with Crippen molar-refractivity contribution in [3.63, 3.8) is 0 Å². The first-order valence-corrected chi connectivity index (χ1v) is 9.19. The molecule has 1 aliphatic heterocycles. The number of hydrogen-bond acceptors (Lipinski definition) is 4. The van der Waals surface area contributed by atoms with E-state index in [0.29, 0.717) is 18.9 Å². The van der Waals surface area contributed by atoms with Crippen molar-refractivity contribution in [3.8, 4) is 0 Å². The molecule has 0 aromatic rings. The average Bonchev–Trinajstić information content (AvgIpc) is 2.64. The molecule has 1 fully saturated rings. The zero-order valence-electron chi connectivity index (χ0n) is 12.7. The maximum atomic E-state index is 11.8. The molecule has 0 saturated carbocycles. The van der Waals surface area contributed by atoms with Crippen LogP contribution in [-0.2, 0) is 19.4 Å². The van der Waals surface area contributed by atoms with Gasteiger partial charge in [-0.05, 0) is 30.6 Å². The molecule has 0 aromatic heterocycles. The molecule has 1 aliphatic rings. The number of carboxylic acid groups (broad SMARTS) is 1. The number of carbonyl (C=O) groups excluding carboxylic acids is 1. The Bertz CT molecular complexity index is 472. The van der Waals surface area contributed by atoms with Gasteiger partial charge in [0.25, 0.3) is 0 Å². The van der Waals surface area contributed by atoms with Crippen LogP contribution in [0.25, 0.3) is 0 Å². The van der Waals surface area contributed by atoms with E-state index in [9.17, 15) is 18.0 Å². The smallest absolute Gasteiger partial charge is 0.303 e. The van der Waals surface area contributed by atoms with Gasteiger partial charge >= 0.3 is 5.97 Å². The molecule has 122 valence electrons. The second-order valence-electron chi connectivity index (χ2n) is 6.37. The zero-order chi connectivity index (χ0) is 16.0. The van der Waals surface area contributed by atoms with Crippen molar-refractivity contribution in [2.24, 2.45) is 17.8 Å². The molecule has 7 heteroatoms. The van der Waals surface area contributed by atoms with E-state index < -0.39 is 15.8 Å². The predicted molar refractivity (Wildman–Crippen MR) is 79.6 cm³/mol. The summed E-state index contributed by atoms with van der Waals surface area (Å²) in [5.74, 6) is -0.610. The summed E-state index contributed by atoms with van der Waals surface area (Å²) < 4.78 is 22.7. The molecule has 2 atom stereocenters. The molecule has 1 amide bonds. The van der Waals surface area contributed by atoms with Crippen LogP contribution in [0, 0.1) is 17.8 Å². The molecule has 6 nitrogen and oxygen atoms in total. The fourth-order valence-electron chi connectivity index (χ4n) is 2.78. The maximum absolute atomic E-state index is 11.8. The quantitative estimate of drug-likeness (QED) is 0.697. The van der Waals surface area contributed by atoms with Crippen LogP contribution in [0.5, 0.6) is 0 Å². The summed E-state index contributed by atoms with van der Waals surface area (Å²) in [5.41, 5.74) is 0. The summed E-state index contributed by atoms with van der Waals surface area (Å²) in [5, 5.41) is 11.6. The first kappa shape index (κ1) is 17.9. The van der Waals surface area contributed by atoms with Crippen molar-refractivity contribution >= 4 is 21.7 Å². The third kappa shape index (κ3) is 7.45. The minimum Gasteiger partial charge on any atom is -0.481 e. The Balaban J connectivity index is 2.37. The summed E-state index contributed by atoms with van der Waals surface area (Å²) >= 11 is 0. The van der Waals surface area contributed by atoms with Gasteiger partial charge in [0.1, 0.15) is 0 Å². The highest BCUT2D eigenvalue weighted by Gasteiger charge is 2.29. The third-order valence-electron chi connectivity index (χ3n) is 3.66. The lowest BCUT2D eigenvalue weighted by Crippen LogP contribution is -2.32. The molecule has 2 N–H and O–H groups in total. The Kier molecular flexibility index (Phi) is 6.64. The van der Waals surface area contributed by atoms with Crippen molar-refractivity contribution in [2.75, 3.05) is 18.1 Å². The normalized spacial score (nSPS) is 22.1. The molecule has 0 spiro atoms. The van der Waals surface area contributed by atoms with Gasteiger partial charge in [-0.25, -0.2) is 8.42 Å². The van der Waals surface area contributed by atoms with E-state index in [4.69, 9.17) is 5.11 Å². The summed E-state index contributed by atoms with van der Waals surface area (Å²) in [7, 11) is -2.96. The molecule has 0 radical (unpaired) electrons. The van der Waals surface area contributed by atoms with Gasteiger partial charge in [0, 0.05) is 19.4 Å². The van der Waals surface area contributed by atoms with Gasteiger partial charge in [-0.2, -0.15) is 0 Å². The van der Waals surface area contributed by atoms with Gasteiger partial charge in [-0.1, -0.05) is 13.8 Å². The third-order valence-corrected chi connectivity index (χ3v) is 5.49. The topological polar surface area (TPSA) is 101 Å². The number of rotatable bonds is 8. The van der Waals surface area contributed by atoms with Crippen LogP contribution in [0.2, 0.25) is 0 Å². The second kappa shape index (κ2) is 7.77. The van der Waals surface area contributed by atoms with Crippen molar-refractivity contribution in [1.82, 2.24) is 5.32 Å². The lowest BCUT2D eigenvalue weighted by atomic mass is 9.94. The predicted octanol–water partition coefficient (Wildman–Crippen LogP) is 1.06. The number of carbonyl (C=O) groups is 2. The molecular weight excluding hydrogens is 294 g/mol. The Labute approximate surface area is 126 Å². The van der Waals surface area contributed by atoms with Crippen LogP contribution >= 0.6 is 0 Å². The Morgan fingerprint density at radius 3 is 2.48 bits per heavy atom. The number of sulfone groups is 1. The molecule has 0 aliphatic carbocycles. The molecule has 1 heterocycles. The summed E-state index contributed by atoms with van der Waals surface area (Å²) in [6.45, 7) is 4.36. The first-order valence-electron chi connectivity index (χ1n) is 7.37. The fourth-order valence-corrected chi connectivity index (χ4v) is 4.64. The maximum Gasteiger partial charge on any atom is 0.303 e. The standard InChI is InChI=1S/C14H25NO5S/c1-10(2)5-12(7-14(17)18)8-15-13(16)6-11-3-4-21(19,20)9-11/h10-12H,3-9H2,1-2H3,(H,15,16)(H,17,18). The molecule has 1 saturated heterocycles. The van der Waals surface area contributed by atoms with Gasteiger partial charge in [-0.3, -0.25) is 9.59 Å². The first-order chi connectivity index (χ1) is 9.68. The number of nitrogens with one attached hydrogen (secondary N) is 1. The van der Waals surface area contributed by atoms with Crippen LogP contribution in [-0.4, -0.2) is 43.5 Å². The summed E-state index contributed by atoms with van der Waals surface area (Å²) in [4.78, 5) is 22.6. The minimum atomic E-state index is -2.96. The molecule has 2 unspecified atom stereocenters. The molecular formula is C14H25NO5S. The Hall–Kier alpha value is -1.11. The molecule has 21 heavy (non-hydrogen) atoms. The summed E-state index contributed by atoms with van der Waals surface area (Å²) in [6, 6.07) is 0. The van der Waals surface area contributed by atoms with Crippen molar-refractivity contribution in [1.29, 1.82) is 0 Å². The van der Waals surface area contributed by atoms with Crippen molar-refractivity contribution in [2.45, 2.75) is 39.5 Å². The van der Waals surface area contributed by atoms with Gasteiger partial charge < -0.3 is 10.4 Å². The average molecular weight is 319 g/mol. The van der Waals surface area contributed by atoms with E-state index in [1.807, 2.05) is 13.8 Å². The number of hydrogen-bond donors (Lipinski definition) is 2. The minimum absolute atomic E-state index is 0.0380. The summed E-state index contributed by atoms with van der Waals surface area (Å²) in [6.07, 6.45) is 1.53. The van der Waals surface area contributed by atoms with Crippen LogP contribution < -0.4 is 5.32 Å². The van der Waals surface area contributed by atoms with Crippen LogP contribution in [0.15, 0.2) is 0 Å². The van der Waals surface area contributed by atoms with Crippen molar-refractivity contribution in [3.05, 3.63) is 0 Å². The van der Waals surface area contributed by atoms with Crippen molar-refractivity contribution < 1.29 is 23.1 Å². The van der Waals surface area contributed by atoms with Gasteiger partial charge in [0.05, 0.1) is 11.5 Å². The van der Waals surface area contributed by atoms with Gasteiger partial charge in [0.2, 0.25) is 5.91 Å². The highest BCUT2D eigenvalue weighted by Crippen LogP contribution is 2.21. The number of aliphatic carboxylic acids is 1. The lowest BCUT2D eigenvalue weighted by molar-refractivity contribution is -0.138.